The van der Waals surface area contributed by atoms with Crippen molar-refractivity contribution in [2.75, 3.05) is 5.32 Å². The van der Waals surface area contributed by atoms with Gasteiger partial charge in [0.05, 0.1) is 16.6 Å². The minimum atomic E-state index is 0.969. The van der Waals surface area contributed by atoms with Gasteiger partial charge < -0.3 is 14.5 Å². The third kappa shape index (κ3) is 4.45. The first-order valence-corrected chi connectivity index (χ1v) is 15.2. The van der Waals surface area contributed by atoms with Crippen LogP contribution in [0.5, 0.6) is 0 Å². The van der Waals surface area contributed by atoms with E-state index in [-0.39, 0.29) is 0 Å². The molecule has 2 aromatic heterocycles. The van der Waals surface area contributed by atoms with Gasteiger partial charge in [-0.3, -0.25) is 0 Å². The molecular weight excluding hydrogens is 534 g/mol. The Morgan fingerprint density at radius 2 is 1.41 bits per heavy atom. The van der Waals surface area contributed by atoms with Gasteiger partial charge in [0, 0.05) is 56.7 Å². The molecule has 0 saturated carbocycles. The first kappa shape index (κ1) is 27.3. The highest BCUT2D eigenvalue weighted by Gasteiger charge is 2.16. The van der Waals surface area contributed by atoms with Crippen LogP contribution in [0.2, 0.25) is 0 Å². The predicted molar refractivity (Wildman–Crippen MR) is 192 cm³/mol. The quantitative estimate of drug-likeness (QED) is 0.181. The number of hydrogen-bond donors (Lipinski definition) is 1. The monoisotopic (exact) mass is 569 g/mol. The van der Waals surface area contributed by atoms with Crippen LogP contribution in [-0.2, 0) is 7.05 Å². The summed E-state index contributed by atoms with van der Waals surface area (Å²) >= 11 is 0. The molecule has 7 rings (SSSR count). The van der Waals surface area contributed by atoms with E-state index < -0.39 is 0 Å². The molecule has 0 atom stereocenters. The first-order valence-electron chi connectivity index (χ1n) is 15.2. The van der Waals surface area contributed by atoms with Crippen LogP contribution >= 0.6 is 0 Å². The molecule has 0 unspecified atom stereocenters. The topological polar surface area (TPSA) is 21.9 Å². The summed E-state index contributed by atoms with van der Waals surface area (Å²) in [7, 11) is 2.14. The lowest BCUT2D eigenvalue weighted by molar-refractivity contribution is 1.01. The summed E-state index contributed by atoms with van der Waals surface area (Å²) in [6.45, 7) is 10.2. The zero-order valence-corrected chi connectivity index (χ0v) is 25.2. The molecule has 0 aliphatic rings. The molecule has 0 radical (unpaired) electrons. The van der Waals surface area contributed by atoms with Gasteiger partial charge in [0.2, 0.25) is 0 Å². The van der Waals surface area contributed by atoms with Crippen LogP contribution in [-0.4, -0.2) is 9.13 Å². The fraction of sp³-hybridized carbons (Fsp3) is 0.0732. The van der Waals surface area contributed by atoms with E-state index in [0.29, 0.717) is 0 Å². The molecule has 5 aromatic carbocycles. The molecule has 1 N–H and O–H groups in total. The lowest BCUT2D eigenvalue weighted by Crippen LogP contribution is -2.00. The Bertz CT molecular complexity index is 2270. The van der Waals surface area contributed by atoms with Crippen molar-refractivity contribution in [3.05, 3.63) is 152 Å². The Kier molecular flexibility index (Phi) is 7.00. The molecule has 0 bridgehead atoms. The van der Waals surface area contributed by atoms with Crippen molar-refractivity contribution >= 4 is 55.4 Å². The van der Waals surface area contributed by atoms with Crippen molar-refractivity contribution in [3.8, 4) is 16.8 Å². The van der Waals surface area contributed by atoms with Gasteiger partial charge in [-0.05, 0) is 78.2 Å². The zero-order chi connectivity index (χ0) is 30.2. The number of benzene rings is 5. The predicted octanol–water partition coefficient (Wildman–Crippen LogP) is 11.2. The smallest absolute Gasteiger partial charge is 0.0583 e. The van der Waals surface area contributed by atoms with E-state index in [1.54, 1.807) is 0 Å². The molecule has 0 amide bonds. The van der Waals surface area contributed by atoms with Gasteiger partial charge in [-0.2, -0.15) is 0 Å². The maximum absolute atomic E-state index is 4.20. The van der Waals surface area contributed by atoms with E-state index in [1.807, 2.05) is 18.2 Å². The molecule has 0 spiro atoms. The van der Waals surface area contributed by atoms with E-state index in [1.165, 1.54) is 54.9 Å². The van der Waals surface area contributed by atoms with Gasteiger partial charge in [-0.15, -0.1) is 0 Å². The minimum Gasteiger partial charge on any atom is -0.355 e. The van der Waals surface area contributed by atoms with Crippen molar-refractivity contribution in [1.29, 1.82) is 0 Å². The summed E-state index contributed by atoms with van der Waals surface area (Å²) in [5, 5.41) is 8.55. The van der Waals surface area contributed by atoms with Crippen molar-refractivity contribution in [1.82, 2.24) is 9.13 Å². The van der Waals surface area contributed by atoms with Crippen molar-refractivity contribution in [3.63, 3.8) is 0 Å². The fourth-order valence-electron chi connectivity index (χ4n) is 6.52. The lowest BCUT2D eigenvalue weighted by Gasteiger charge is -2.13. The average Bonchev–Trinajstić information content (AvgIpc) is 3.55. The number of allylic oxidation sites excluding steroid dienone is 4. The maximum atomic E-state index is 4.20. The van der Waals surface area contributed by atoms with Crippen molar-refractivity contribution in [2.24, 2.45) is 7.05 Å². The summed E-state index contributed by atoms with van der Waals surface area (Å²) in [6.07, 6.45) is 11.0. The number of rotatable bonds is 8. The highest BCUT2D eigenvalue weighted by molar-refractivity contribution is 6.14. The van der Waals surface area contributed by atoms with Gasteiger partial charge in [-0.1, -0.05) is 92.9 Å². The third-order valence-corrected chi connectivity index (χ3v) is 8.53. The highest BCUT2D eigenvalue weighted by Crippen LogP contribution is 2.39. The van der Waals surface area contributed by atoms with Gasteiger partial charge in [0.25, 0.3) is 0 Å². The summed E-state index contributed by atoms with van der Waals surface area (Å²) in [5.41, 5.74) is 11.5. The van der Waals surface area contributed by atoms with Gasteiger partial charge in [0.15, 0.2) is 0 Å². The second-order valence-electron chi connectivity index (χ2n) is 11.1. The number of aromatic nitrogens is 2. The second kappa shape index (κ2) is 11.3. The Labute approximate surface area is 258 Å². The molecule has 0 saturated heterocycles. The van der Waals surface area contributed by atoms with Gasteiger partial charge >= 0.3 is 0 Å². The van der Waals surface area contributed by atoms with E-state index in [0.717, 1.165) is 28.9 Å². The number of aryl methyl sites for hydroxylation is 1. The zero-order valence-electron chi connectivity index (χ0n) is 25.2. The van der Waals surface area contributed by atoms with Gasteiger partial charge in [-0.25, -0.2) is 0 Å². The number of nitrogens with zero attached hydrogens (tertiary/aromatic N) is 2. The Balaban J connectivity index is 1.37. The van der Waals surface area contributed by atoms with Crippen LogP contribution in [0.3, 0.4) is 0 Å². The molecule has 214 valence electrons. The average molecular weight is 570 g/mol. The second-order valence-corrected chi connectivity index (χ2v) is 11.1. The van der Waals surface area contributed by atoms with Crippen molar-refractivity contribution in [2.45, 2.75) is 13.3 Å². The summed E-state index contributed by atoms with van der Waals surface area (Å²) < 4.78 is 4.64. The van der Waals surface area contributed by atoms with E-state index in [9.17, 15) is 0 Å². The van der Waals surface area contributed by atoms with Crippen LogP contribution in [0.15, 0.2) is 146 Å². The summed E-state index contributed by atoms with van der Waals surface area (Å²) in [4.78, 5) is 0. The fourth-order valence-corrected chi connectivity index (χ4v) is 6.52. The first-order chi connectivity index (χ1) is 21.6. The van der Waals surface area contributed by atoms with E-state index >= 15 is 0 Å². The molecule has 44 heavy (non-hydrogen) atoms. The third-order valence-electron chi connectivity index (χ3n) is 8.53. The normalized spacial score (nSPS) is 12.2. The highest BCUT2D eigenvalue weighted by atomic mass is 15.0. The lowest BCUT2D eigenvalue weighted by atomic mass is 10.00. The summed E-state index contributed by atoms with van der Waals surface area (Å²) in [6, 6.07) is 37.4. The van der Waals surface area contributed by atoms with E-state index in [4.69, 9.17) is 0 Å². The summed E-state index contributed by atoms with van der Waals surface area (Å²) in [5.74, 6) is 0. The SMILES string of the molecule is C=C/C=C(\C=C/CC)Nc1ccc2c3cc(-c4ccc5c(c4)c4ccccc4n5-c4ccccc4)ccc3n(C)c2c1C=C. The van der Waals surface area contributed by atoms with Crippen LogP contribution < -0.4 is 5.32 Å². The Morgan fingerprint density at radius 1 is 0.727 bits per heavy atom. The number of anilines is 1. The molecule has 0 aliphatic heterocycles. The van der Waals surface area contributed by atoms with Crippen LogP contribution in [0.25, 0.3) is 66.5 Å². The number of nitrogens with one attached hydrogen (secondary N) is 1. The molecule has 0 aliphatic carbocycles. The number of hydrogen-bond acceptors (Lipinski definition) is 1. The van der Waals surface area contributed by atoms with Crippen LogP contribution in [0.1, 0.15) is 18.9 Å². The van der Waals surface area contributed by atoms with Crippen LogP contribution in [0.4, 0.5) is 5.69 Å². The van der Waals surface area contributed by atoms with Gasteiger partial charge in [0.1, 0.15) is 0 Å². The molecule has 0 fully saturated rings. The van der Waals surface area contributed by atoms with Crippen LogP contribution in [0, 0.1) is 0 Å². The van der Waals surface area contributed by atoms with Crippen molar-refractivity contribution < 1.29 is 0 Å². The molecule has 3 heteroatoms. The number of fused-ring (bicyclic) bond motifs is 6. The molecular formula is C41H35N3. The molecule has 2 heterocycles. The maximum Gasteiger partial charge on any atom is 0.0583 e. The Hall–Kier alpha value is -5.54. The Morgan fingerprint density at radius 3 is 2.14 bits per heavy atom. The molecule has 3 nitrogen and oxygen atoms in total. The number of para-hydroxylation sites is 2. The largest absolute Gasteiger partial charge is 0.355 e. The standard InChI is InChI=1S/C41H35N3/c1-5-8-15-30(14-6-2)42-37-23-22-34-36-27-28(20-24-38(36)43(4)41(34)32(37)7-3)29-21-25-40-35(26-29)33-18-12-13-19-39(33)44(40)31-16-10-9-11-17-31/h6-27,42H,2-3,5H2,1,4H3/b15-8-,30-14+. The molecule has 7 aromatic rings. The van der Waals surface area contributed by atoms with E-state index in [2.05, 4.69) is 157 Å². The minimum absolute atomic E-state index is 0.969.